The van der Waals surface area contributed by atoms with Crippen LogP contribution in [0, 0.1) is 161 Å². The number of allylic oxidation sites excluding steroid dienone is 12. The summed E-state index contributed by atoms with van der Waals surface area (Å²) in [4.78, 5) is 0. The molecule has 10 fully saturated rings. The lowest BCUT2D eigenvalue weighted by Crippen LogP contribution is -2.55. The Morgan fingerprint density at radius 3 is 1.38 bits per heavy atom. The van der Waals surface area contributed by atoms with Crippen molar-refractivity contribution < 1.29 is 20.4 Å². The molecule has 0 heterocycles. The molecule has 0 saturated heterocycles. The van der Waals surface area contributed by atoms with Crippen LogP contribution in [0.15, 0.2) is 80.5 Å². The fraction of sp³-hybridized carbons (Fsp3) is 0.874. The first kappa shape index (κ1) is 90.7. The van der Waals surface area contributed by atoms with Gasteiger partial charge in [-0.25, -0.2) is 0 Å². The van der Waals surface area contributed by atoms with Gasteiger partial charge in [-0.3, -0.25) is 0 Å². The Kier molecular flexibility index (Phi) is 27.8. The second-order valence-electron chi connectivity index (χ2n) is 49.1. The fourth-order valence-electron chi connectivity index (χ4n) is 34.8. The zero-order valence-corrected chi connectivity index (χ0v) is 79.6. The molecular weight excluding hydrogens is 1400 g/mol. The molecule has 4 N–H and O–H groups in total. The third-order valence-corrected chi connectivity index (χ3v) is 41.8. The first-order valence-electron chi connectivity index (χ1n) is 50.6. The van der Waals surface area contributed by atoms with Crippen LogP contribution in [0.3, 0.4) is 0 Å². The van der Waals surface area contributed by atoms with E-state index < -0.39 is 0 Å². The van der Waals surface area contributed by atoms with Gasteiger partial charge in [-0.1, -0.05) is 218 Å². The molecule has 652 valence electrons. The Balaban J connectivity index is 0.000000134. The molecule has 115 heavy (non-hydrogen) atoms. The van der Waals surface area contributed by atoms with Crippen molar-refractivity contribution >= 4 is 0 Å². The minimum absolute atomic E-state index is 0.0356. The van der Waals surface area contributed by atoms with Crippen molar-refractivity contribution in [3.63, 3.8) is 0 Å². The summed E-state index contributed by atoms with van der Waals surface area (Å²) in [7, 11) is 0. The number of fused-ring (bicyclic) bond motifs is 18. The third kappa shape index (κ3) is 16.8. The van der Waals surface area contributed by atoms with Crippen LogP contribution in [0.5, 0.6) is 0 Å². The van der Waals surface area contributed by atoms with E-state index in [1.807, 2.05) is 22.3 Å². The summed E-state index contributed by atoms with van der Waals surface area (Å²) in [6.45, 7) is 56.7. The molecule has 0 aromatic rings. The maximum Gasteiger partial charge on any atom is 0.0594 e. The lowest BCUT2D eigenvalue weighted by Gasteiger charge is -2.62. The predicted octanol–water partition coefficient (Wildman–Crippen LogP) is 30.6. The van der Waals surface area contributed by atoms with Crippen molar-refractivity contribution in [3.8, 4) is 0 Å². The van der Waals surface area contributed by atoms with Gasteiger partial charge in [0.25, 0.3) is 0 Å². The lowest BCUT2D eigenvalue weighted by molar-refractivity contribution is -0.0962. The smallest absolute Gasteiger partial charge is 0.0594 e. The van der Waals surface area contributed by atoms with Crippen LogP contribution < -0.4 is 0 Å². The zero-order valence-electron chi connectivity index (χ0n) is 79.6. The van der Waals surface area contributed by atoms with Crippen LogP contribution in [0.4, 0.5) is 0 Å². The number of aliphatic hydroxyl groups excluding tert-OH is 4. The molecule has 30 atom stereocenters. The molecule has 16 rings (SSSR count). The Labute approximate surface area is 710 Å². The normalized spacial score (nSPS) is 45.3. The molecule has 4 nitrogen and oxygen atoms in total. The minimum atomic E-state index is -0.130. The Hall–Kier alpha value is -1.98. The molecule has 0 aromatic heterocycles. The highest BCUT2D eigenvalue weighted by Gasteiger charge is 2.66. The number of aliphatic hydroxyl groups is 4. The predicted molar refractivity (Wildman–Crippen MR) is 490 cm³/mol. The molecule has 0 bridgehead atoms. The number of hydrogen-bond acceptors (Lipinski definition) is 4. The topological polar surface area (TPSA) is 80.9 Å². The van der Waals surface area contributed by atoms with Gasteiger partial charge in [-0.2, -0.15) is 0 Å². The second kappa shape index (κ2) is 35.2. The Morgan fingerprint density at radius 2 is 0.861 bits per heavy atom. The van der Waals surface area contributed by atoms with Crippen molar-refractivity contribution in [2.75, 3.05) is 0 Å². The van der Waals surface area contributed by atoms with E-state index in [1.54, 1.807) is 11.1 Å². The van der Waals surface area contributed by atoms with Gasteiger partial charge >= 0.3 is 0 Å². The van der Waals surface area contributed by atoms with Gasteiger partial charge in [-0.05, 0) is 453 Å². The third-order valence-electron chi connectivity index (χ3n) is 41.8. The summed E-state index contributed by atoms with van der Waals surface area (Å²) in [5, 5.41) is 41.5. The average molecular weight is 1580 g/mol. The summed E-state index contributed by atoms with van der Waals surface area (Å²) in [6.07, 6.45) is 66.8. The highest BCUT2D eigenvalue weighted by atomic mass is 16.3. The highest BCUT2D eigenvalue weighted by Crippen LogP contribution is 2.75. The van der Waals surface area contributed by atoms with E-state index in [9.17, 15) is 20.4 Å². The molecule has 10 saturated carbocycles. The van der Waals surface area contributed by atoms with E-state index in [1.165, 1.54) is 241 Å². The fourth-order valence-corrected chi connectivity index (χ4v) is 34.8. The largest absolute Gasteiger partial charge is 0.393 e. The number of hydrogen-bond donors (Lipinski definition) is 4. The van der Waals surface area contributed by atoms with Crippen molar-refractivity contribution in [1.29, 1.82) is 0 Å². The van der Waals surface area contributed by atoms with Gasteiger partial charge in [-0.15, -0.1) is 0 Å². The van der Waals surface area contributed by atoms with Crippen LogP contribution in [0.2, 0.25) is 0 Å². The maximum absolute atomic E-state index is 10.8. The van der Waals surface area contributed by atoms with Gasteiger partial charge in [0.2, 0.25) is 0 Å². The quantitative estimate of drug-likeness (QED) is 0.109. The van der Waals surface area contributed by atoms with Crippen LogP contribution in [-0.2, 0) is 0 Å². The summed E-state index contributed by atoms with van der Waals surface area (Å²) < 4.78 is 0. The standard InChI is InChI=1S/C30H50O.C27H46O.2C27H44O/c1-20(2)10-9-11-21(3)22-14-18-30(8)24-12-13-25-27(4,5)26(31)16-17-28(25,6)23(24)15-19-29(22,30)7;3*1-18(2)7-6-8-19(3)23-11-12-24-22-10-9-20-17-21(28)13-15-26(20,4)25(22)14-16-27(23,24)5/h10,21-22,25-26,31H,9,11-19H2,1-8H3;9,18-19,21-25,28H,6-8,10-17H2,1-5H3;7,19-21,23-24,28H,6,8-17H2,1-5H3;7,9,19,21-25,28H,6,8,10-17H2,1-5H3/t21-,22-,25+,26+,28-,29-,30+;19-,21+,22+,23-,24+,25+,26+,27-;19-,20+,21+,23-,24+,26+,27-;19-,21+,22+,23-,24+,25+,26+,27-/m1111/s1. The maximum atomic E-state index is 10.8. The van der Waals surface area contributed by atoms with E-state index in [4.69, 9.17) is 0 Å². The van der Waals surface area contributed by atoms with Crippen molar-refractivity contribution in [2.24, 2.45) is 161 Å². The van der Waals surface area contributed by atoms with E-state index in [-0.39, 0.29) is 29.8 Å². The molecule has 0 aromatic carbocycles. The average Bonchev–Trinajstić information content (AvgIpc) is 1.66. The molecule has 0 aliphatic heterocycles. The van der Waals surface area contributed by atoms with E-state index in [2.05, 4.69) is 190 Å². The van der Waals surface area contributed by atoms with Crippen molar-refractivity contribution in [2.45, 2.75) is 453 Å². The van der Waals surface area contributed by atoms with Gasteiger partial charge in [0.15, 0.2) is 0 Å². The van der Waals surface area contributed by atoms with Crippen molar-refractivity contribution in [1.82, 2.24) is 0 Å². The van der Waals surface area contributed by atoms with Gasteiger partial charge in [0.05, 0.1) is 24.4 Å². The second-order valence-corrected chi connectivity index (χ2v) is 49.1. The first-order valence-corrected chi connectivity index (χ1v) is 50.6. The highest BCUT2D eigenvalue weighted by molar-refractivity contribution is 5.40. The van der Waals surface area contributed by atoms with Gasteiger partial charge in [0.1, 0.15) is 0 Å². The first-order chi connectivity index (χ1) is 54.1. The number of rotatable bonds is 17. The molecular formula is C111H184O4. The molecule has 16 aliphatic rings. The summed E-state index contributed by atoms with van der Waals surface area (Å²) >= 11 is 0. The summed E-state index contributed by atoms with van der Waals surface area (Å²) in [6, 6.07) is 0. The van der Waals surface area contributed by atoms with Crippen LogP contribution in [0.25, 0.3) is 0 Å². The molecule has 16 aliphatic carbocycles. The molecule has 0 amide bonds. The monoisotopic (exact) mass is 1580 g/mol. The Morgan fingerprint density at radius 1 is 0.391 bits per heavy atom. The van der Waals surface area contributed by atoms with E-state index in [0.717, 1.165) is 146 Å². The van der Waals surface area contributed by atoms with Crippen molar-refractivity contribution in [3.05, 3.63) is 80.5 Å². The van der Waals surface area contributed by atoms with Gasteiger partial charge in [0, 0.05) is 0 Å². The minimum Gasteiger partial charge on any atom is -0.393 e. The Bertz CT molecular complexity index is 3570. The van der Waals surface area contributed by atoms with Gasteiger partial charge < -0.3 is 20.4 Å². The van der Waals surface area contributed by atoms with Crippen LogP contribution in [0.1, 0.15) is 429 Å². The van der Waals surface area contributed by atoms with Crippen LogP contribution in [-0.4, -0.2) is 44.8 Å². The summed E-state index contributed by atoms with van der Waals surface area (Å²) in [5.41, 5.74) is 19.2. The SMILES string of the molecule is CC(C)=CCC[C@@H](C)[C@H]1CC[C@@]2(C)C3=C(CC[C@]12C)[C@@]1(C)CC[C@H](O)C(C)(C)[C@@H]1CC3.CC(C)=CCC[C@@H](C)[C@H]1CC[C@H]2C3=C(CC[C@]12C)[C@@]1(C)CC[C@H](O)C[C@@H]1CC3.CC(C)=CCC[C@@H](C)[C@H]1CC[C@H]2[C@@H]3CC=C4C[C@@H](O)CC[C@]4(C)[C@H]3CC[C@]12C.CC(C)CCC[C@@H](C)[C@H]1CC[C@H]2[C@@H]3CC=C4C[C@@H](O)CC[C@]4(C)[C@H]3CC[C@]12C. The molecule has 0 radical (unpaired) electrons. The summed E-state index contributed by atoms with van der Waals surface area (Å²) in [5.74, 6) is 15.6. The molecule has 0 unspecified atom stereocenters. The molecule has 0 spiro atoms. The van der Waals surface area contributed by atoms with Crippen LogP contribution >= 0.6 is 0 Å². The lowest BCUT2D eigenvalue weighted by atomic mass is 9.43. The zero-order chi connectivity index (χ0) is 83.1. The van der Waals surface area contributed by atoms with E-state index in [0.29, 0.717) is 54.7 Å². The van der Waals surface area contributed by atoms with E-state index >= 15 is 0 Å². The molecule has 4 heteroatoms.